The average Bonchev–Trinajstić information content (AvgIpc) is 3.07. The van der Waals surface area contributed by atoms with Gasteiger partial charge in [-0.3, -0.25) is 4.79 Å². The van der Waals surface area contributed by atoms with Crippen LogP contribution in [0.15, 0.2) is 4.79 Å². The largest absolute Gasteiger partial charge is 0.312 e. The van der Waals surface area contributed by atoms with Gasteiger partial charge in [-0.15, -0.1) is 11.3 Å². The molecule has 0 aromatic carbocycles. The summed E-state index contributed by atoms with van der Waals surface area (Å²) in [6.07, 6.45) is 6.24. The van der Waals surface area contributed by atoms with Crippen LogP contribution < -0.4 is 16.2 Å². The van der Waals surface area contributed by atoms with Gasteiger partial charge in [-0.05, 0) is 45.2 Å². The van der Waals surface area contributed by atoms with E-state index in [1.807, 2.05) is 6.92 Å². The van der Waals surface area contributed by atoms with Gasteiger partial charge in [0.15, 0.2) is 0 Å². The second-order valence-corrected chi connectivity index (χ2v) is 8.19. The number of H-pyrrole nitrogens is 1. The fourth-order valence-corrected chi connectivity index (χ4v) is 5.30. The van der Waals surface area contributed by atoms with E-state index >= 15 is 0 Å². The van der Waals surface area contributed by atoms with Crippen molar-refractivity contribution < 1.29 is 0 Å². The highest BCUT2D eigenvalue weighted by molar-refractivity contribution is 7.18. The number of thiophene rings is 1. The summed E-state index contributed by atoms with van der Waals surface area (Å²) in [5, 5.41) is 8.13. The van der Waals surface area contributed by atoms with Crippen LogP contribution in [0.5, 0.6) is 0 Å². The summed E-state index contributed by atoms with van der Waals surface area (Å²) >= 11 is 1.62. The maximum Gasteiger partial charge on any atom is 0.259 e. The molecule has 2 atom stereocenters. The third-order valence-corrected chi connectivity index (χ3v) is 6.79. The van der Waals surface area contributed by atoms with Gasteiger partial charge in [0.05, 0.1) is 11.9 Å². The minimum atomic E-state index is -0.00380. The lowest BCUT2D eigenvalue weighted by Crippen LogP contribution is -2.55. The summed E-state index contributed by atoms with van der Waals surface area (Å²) in [5.74, 6) is 0.759. The summed E-state index contributed by atoms with van der Waals surface area (Å²) in [4.78, 5) is 22.1. The van der Waals surface area contributed by atoms with Gasteiger partial charge in [0.2, 0.25) is 0 Å². The van der Waals surface area contributed by atoms with E-state index in [0.717, 1.165) is 28.1 Å². The second-order valence-electron chi connectivity index (χ2n) is 6.99. The van der Waals surface area contributed by atoms with E-state index < -0.39 is 0 Å². The van der Waals surface area contributed by atoms with Crippen molar-refractivity contribution in [1.29, 1.82) is 0 Å². The Bertz CT molecular complexity index is 796. The number of fused-ring (bicyclic) bond motifs is 2. The molecule has 6 heteroatoms. The third-order valence-electron chi connectivity index (χ3n) is 5.69. The van der Waals surface area contributed by atoms with Crippen molar-refractivity contribution in [3.8, 4) is 0 Å². The molecule has 124 valence electrons. The summed E-state index contributed by atoms with van der Waals surface area (Å²) in [6.45, 7) is 5.77. The molecule has 23 heavy (non-hydrogen) atoms. The Hall–Kier alpha value is -1.24. The SMILES string of the molecule is Cc1sc2nc(CNC34CCCCC3NCC4)[nH]c(=O)c2c1C. The molecule has 3 N–H and O–H groups in total. The molecule has 2 aromatic heterocycles. The van der Waals surface area contributed by atoms with E-state index in [-0.39, 0.29) is 11.1 Å². The summed E-state index contributed by atoms with van der Waals surface area (Å²) in [5.41, 5.74) is 1.24. The molecule has 1 aliphatic heterocycles. The third kappa shape index (κ3) is 2.53. The van der Waals surface area contributed by atoms with Crippen LogP contribution in [0.3, 0.4) is 0 Å². The first-order chi connectivity index (χ1) is 11.1. The van der Waals surface area contributed by atoms with Gasteiger partial charge in [0.1, 0.15) is 10.7 Å². The number of aromatic amines is 1. The van der Waals surface area contributed by atoms with Crippen LogP contribution >= 0.6 is 11.3 Å². The van der Waals surface area contributed by atoms with E-state index in [2.05, 4.69) is 22.5 Å². The fraction of sp³-hybridized carbons (Fsp3) is 0.647. The number of nitrogens with one attached hydrogen (secondary N) is 3. The zero-order valence-electron chi connectivity index (χ0n) is 13.8. The molecular weight excluding hydrogens is 308 g/mol. The minimum absolute atomic E-state index is 0.00380. The molecule has 1 saturated carbocycles. The lowest BCUT2D eigenvalue weighted by molar-refractivity contribution is 0.209. The van der Waals surface area contributed by atoms with Gasteiger partial charge in [-0.25, -0.2) is 4.98 Å². The van der Waals surface area contributed by atoms with Crippen LogP contribution in [0.4, 0.5) is 0 Å². The highest BCUT2D eigenvalue weighted by Gasteiger charge is 2.43. The van der Waals surface area contributed by atoms with Gasteiger partial charge in [0, 0.05) is 16.5 Å². The van der Waals surface area contributed by atoms with E-state index in [0.29, 0.717) is 12.6 Å². The van der Waals surface area contributed by atoms with Crippen molar-refractivity contribution in [2.75, 3.05) is 6.54 Å². The molecule has 0 spiro atoms. The molecule has 0 radical (unpaired) electrons. The molecule has 5 nitrogen and oxygen atoms in total. The monoisotopic (exact) mass is 332 g/mol. The predicted molar refractivity (Wildman–Crippen MR) is 94.2 cm³/mol. The van der Waals surface area contributed by atoms with Crippen molar-refractivity contribution >= 4 is 21.6 Å². The predicted octanol–water partition coefficient (Wildman–Crippen LogP) is 2.37. The number of aromatic nitrogens is 2. The highest BCUT2D eigenvalue weighted by atomic mass is 32.1. The number of aryl methyl sites for hydroxylation is 2. The van der Waals surface area contributed by atoms with Gasteiger partial charge in [-0.2, -0.15) is 0 Å². The maximum absolute atomic E-state index is 12.4. The molecule has 2 aromatic rings. The first kappa shape index (κ1) is 15.3. The molecular formula is C17H24N4OS. The quantitative estimate of drug-likeness (QED) is 0.807. The zero-order chi connectivity index (χ0) is 16.0. The molecule has 4 rings (SSSR count). The molecule has 2 unspecified atom stereocenters. The Balaban J connectivity index is 1.60. The molecule has 1 aliphatic carbocycles. The Morgan fingerprint density at radius 3 is 3.09 bits per heavy atom. The molecule has 0 bridgehead atoms. The average molecular weight is 332 g/mol. The van der Waals surface area contributed by atoms with Crippen LogP contribution in [0.2, 0.25) is 0 Å². The highest BCUT2D eigenvalue weighted by Crippen LogP contribution is 2.35. The number of rotatable bonds is 3. The van der Waals surface area contributed by atoms with Crippen molar-refractivity contribution in [3.63, 3.8) is 0 Å². The van der Waals surface area contributed by atoms with Crippen molar-refractivity contribution in [3.05, 3.63) is 26.6 Å². The van der Waals surface area contributed by atoms with Crippen LogP contribution in [-0.4, -0.2) is 28.1 Å². The maximum atomic E-state index is 12.4. The van der Waals surface area contributed by atoms with E-state index in [1.165, 1.54) is 37.0 Å². The summed E-state index contributed by atoms with van der Waals surface area (Å²) < 4.78 is 0. The summed E-state index contributed by atoms with van der Waals surface area (Å²) in [6, 6.07) is 0.568. The lowest BCUT2D eigenvalue weighted by atomic mass is 9.78. The first-order valence-corrected chi connectivity index (χ1v) is 9.38. The smallest absolute Gasteiger partial charge is 0.259 e. The Morgan fingerprint density at radius 2 is 2.22 bits per heavy atom. The van der Waals surface area contributed by atoms with E-state index in [4.69, 9.17) is 4.98 Å². The molecule has 2 fully saturated rings. The van der Waals surface area contributed by atoms with Crippen molar-refractivity contribution in [1.82, 2.24) is 20.6 Å². The van der Waals surface area contributed by atoms with Crippen molar-refractivity contribution in [2.45, 2.75) is 64.1 Å². The van der Waals surface area contributed by atoms with Crippen LogP contribution in [0.25, 0.3) is 10.2 Å². The van der Waals surface area contributed by atoms with Crippen LogP contribution in [0.1, 0.15) is 48.4 Å². The van der Waals surface area contributed by atoms with Gasteiger partial charge in [-0.1, -0.05) is 12.8 Å². The van der Waals surface area contributed by atoms with E-state index in [1.54, 1.807) is 11.3 Å². The first-order valence-electron chi connectivity index (χ1n) is 8.56. The van der Waals surface area contributed by atoms with E-state index in [9.17, 15) is 4.79 Å². The molecule has 0 amide bonds. The van der Waals surface area contributed by atoms with Crippen LogP contribution in [-0.2, 0) is 6.54 Å². The molecule has 2 aliphatic rings. The second kappa shape index (κ2) is 5.69. The van der Waals surface area contributed by atoms with Gasteiger partial charge < -0.3 is 15.6 Å². The zero-order valence-corrected chi connectivity index (χ0v) is 14.6. The molecule has 1 saturated heterocycles. The Morgan fingerprint density at radius 1 is 1.35 bits per heavy atom. The van der Waals surface area contributed by atoms with Crippen molar-refractivity contribution in [2.24, 2.45) is 0 Å². The standard InChI is InChI=1S/C17H24N4OS/c1-10-11(2)23-16-14(10)15(22)20-13(21-16)9-19-17-6-4-3-5-12(17)18-8-7-17/h12,18-19H,3-9H2,1-2H3,(H,20,21,22). The Labute approximate surface area is 139 Å². The van der Waals surface area contributed by atoms with Crippen LogP contribution in [0, 0.1) is 13.8 Å². The van der Waals surface area contributed by atoms with Gasteiger partial charge >= 0.3 is 0 Å². The molecule has 3 heterocycles. The normalized spacial score (nSPS) is 27.5. The Kier molecular flexibility index (Phi) is 3.78. The minimum Gasteiger partial charge on any atom is -0.312 e. The van der Waals surface area contributed by atoms with Gasteiger partial charge in [0.25, 0.3) is 5.56 Å². The number of hydrogen-bond acceptors (Lipinski definition) is 5. The number of hydrogen-bond donors (Lipinski definition) is 3. The lowest BCUT2D eigenvalue weighted by Gasteiger charge is -2.40. The fourth-order valence-electron chi connectivity index (χ4n) is 4.25. The topological polar surface area (TPSA) is 69.8 Å². The summed E-state index contributed by atoms with van der Waals surface area (Å²) in [7, 11) is 0. The number of nitrogens with zero attached hydrogens (tertiary/aromatic N) is 1.